The first-order valence-electron chi connectivity index (χ1n) is 7.12. The van der Waals surface area contributed by atoms with Crippen molar-refractivity contribution in [3.05, 3.63) is 23.4 Å². The average Bonchev–Trinajstić information content (AvgIpc) is 3.16. The van der Waals surface area contributed by atoms with Crippen LogP contribution in [0.25, 0.3) is 0 Å². The first kappa shape index (κ1) is 12.4. The van der Waals surface area contributed by atoms with Crippen LogP contribution < -0.4 is 5.32 Å². The van der Waals surface area contributed by atoms with Crippen LogP contribution in [-0.4, -0.2) is 35.6 Å². The van der Waals surface area contributed by atoms with Gasteiger partial charge in [-0.3, -0.25) is 0 Å². The Morgan fingerprint density at radius 3 is 3.00 bits per heavy atom. The number of nitrogens with zero attached hydrogens (tertiary/aromatic N) is 3. The average molecular weight is 256 g/mol. The molecule has 0 amide bonds. The smallest absolute Gasteiger partial charge is 0.144 e. The Kier molecular flexibility index (Phi) is 3.39. The molecule has 100 valence electrons. The van der Waals surface area contributed by atoms with E-state index in [2.05, 4.69) is 21.3 Å². The molecule has 0 bridgehead atoms. The van der Waals surface area contributed by atoms with Gasteiger partial charge in [0, 0.05) is 24.8 Å². The van der Waals surface area contributed by atoms with Gasteiger partial charge in [0.2, 0.25) is 0 Å². The van der Waals surface area contributed by atoms with Gasteiger partial charge in [0.1, 0.15) is 11.9 Å². The van der Waals surface area contributed by atoms with Gasteiger partial charge in [-0.25, -0.2) is 4.98 Å². The van der Waals surface area contributed by atoms with Gasteiger partial charge in [0.05, 0.1) is 5.56 Å². The van der Waals surface area contributed by atoms with Gasteiger partial charge in [0.25, 0.3) is 0 Å². The van der Waals surface area contributed by atoms with Crippen LogP contribution in [0.5, 0.6) is 0 Å². The van der Waals surface area contributed by atoms with Crippen molar-refractivity contribution >= 4 is 5.82 Å². The van der Waals surface area contributed by atoms with E-state index in [-0.39, 0.29) is 0 Å². The van der Waals surface area contributed by atoms with Crippen LogP contribution in [-0.2, 0) is 0 Å². The zero-order valence-electron chi connectivity index (χ0n) is 11.4. The summed E-state index contributed by atoms with van der Waals surface area (Å²) < 4.78 is 0. The summed E-state index contributed by atoms with van der Waals surface area (Å²) in [6.45, 7) is 5.32. The minimum absolute atomic E-state index is 0.641. The zero-order valence-corrected chi connectivity index (χ0v) is 11.4. The topological polar surface area (TPSA) is 52.0 Å². The number of nitriles is 1. The molecule has 1 unspecified atom stereocenters. The number of anilines is 1. The van der Waals surface area contributed by atoms with Crippen molar-refractivity contribution in [1.82, 2.24) is 9.88 Å². The van der Waals surface area contributed by atoms with Crippen LogP contribution in [0.1, 0.15) is 30.5 Å². The molecule has 1 aromatic heterocycles. The fourth-order valence-corrected chi connectivity index (χ4v) is 2.82. The number of hydrogen-bond acceptors (Lipinski definition) is 4. The van der Waals surface area contributed by atoms with Gasteiger partial charge in [-0.1, -0.05) is 0 Å². The summed E-state index contributed by atoms with van der Waals surface area (Å²) in [6, 6.07) is 6.80. The van der Waals surface area contributed by atoms with E-state index in [4.69, 9.17) is 5.26 Å². The van der Waals surface area contributed by atoms with Crippen LogP contribution in [0.2, 0.25) is 0 Å². The van der Waals surface area contributed by atoms with E-state index in [1.54, 1.807) is 0 Å². The van der Waals surface area contributed by atoms with Crippen molar-refractivity contribution in [3.63, 3.8) is 0 Å². The molecule has 4 heteroatoms. The minimum Gasteiger partial charge on any atom is -0.369 e. The maximum absolute atomic E-state index is 9.09. The number of aryl methyl sites for hydroxylation is 1. The Balaban J connectivity index is 1.57. The number of hydrogen-bond donors (Lipinski definition) is 1. The summed E-state index contributed by atoms with van der Waals surface area (Å²) in [6.07, 6.45) is 4.04. The third-order valence-electron chi connectivity index (χ3n) is 4.09. The second-order valence-corrected chi connectivity index (χ2v) is 5.72. The molecule has 1 N–H and O–H groups in total. The lowest BCUT2D eigenvalue weighted by Crippen LogP contribution is -2.25. The van der Waals surface area contributed by atoms with Crippen molar-refractivity contribution in [2.24, 2.45) is 5.92 Å². The molecule has 1 aliphatic heterocycles. The van der Waals surface area contributed by atoms with E-state index in [9.17, 15) is 0 Å². The van der Waals surface area contributed by atoms with Gasteiger partial charge >= 0.3 is 0 Å². The van der Waals surface area contributed by atoms with Crippen molar-refractivity contribution in [1.29, 1.82) is 5.26 Å². The minimum atomic E-state index is 0.641. The van der Waals surface area contributed by atoms with Crippen LogP contribution in [0, 0.1) is 24.2 Å². The third-order valence-corrected chi connectivity index (χ3v) is 4.09. The van der Waals surface area contributed by atoms with Gasteiger partial charge < -0.3 is 10.2 Å². The van der Waals surface area contributed by atoms with Gasteiger partial charge in [-0.2, -0.15) is 5.26 Å². The highest BCUT2D eigenvalue weighted by Gasteiger charge is 2.34. The number of pyridine rings is 1. The molecule has 1 aromatic rings. The fourth-order valence-electron chi connectivity index (χ4n) is 2.82. The van der Waals surface area contributed by atoms with E-state index in [0.717, 1.165) is 24.1 Å². The summed E-state index contributed by atoms with van der Waals surface area (Å²) in [5.74, 6) is 1.43. The first-order valence-corrected chi connectivity index (χ1v) is 7.12. The van der Waals surface area contributed by atoms with Gasteiger partial charge in [-0.05, 0) is 50.8 Å². The molecule has 1 saturated carbocycles. The summed E-state index contributed by atoms with van der Waals surface area (Å²) in [5.41, 5.74) is 1.59. The van der Waals surface area contributed by atoms with Crippen LogP contribution in [0.15, 0.2) is 12.1 Å². The van der Waals surface area contributed by atoms with Crippen molar-refractivity contribution in [3.8, 4) is 6.07 Å². The highest BCUT2D eigenvalue weighted by molar-refractivity contribution is 5.52. The standard InChI is InChI=1S/C15H20N4/c1-11-2-3-13(8-16)15(18-11)17-9-12-6-7-19(10-12)14-4-5-14/h2-3,12,14H,4-7,9-10H2,1H3,(H,17,18). The van der Waals surface area contributed by atoms with Gasteiger partial charge in [0.15, 0.2) is 0 Å². The molecular weight excluding hydrogens is 236 g/mol. The predicted octanol–water partition coefficient (Wildman–Crippen LogP) is 2.16. The molecule has 0 radical (unpaired) electrons. The normalized spacial score (nSPS) is 23.3. The predicted molar refractivity (Wildman–Crippen MR) is 74.9 cm³/mol. The largest absolute Gasteiger partial charge is 0.369 e. The molecule has 0 spiro atoms. The zero-order chi connectivity index (χ0) is 13.2. The monoisotopic (exact) mass is 256 g/mol. The molecule has 0 aromatic carbocycles. The molecule has 3 rings (SSSR count). The maximum Gasteiger partial charge on any atom is 0.144 e. The summed E-state index contributed by atoms with van der Waals surface area (Å²) in [7, 11) is 0. The molecule has 1 aliphatic carbocycles. The maximum atomic E-state index is 9.09. The molecule has 2 fully saturated rings. The molecule has 1 saturated heterocycles. The summed E-state index contributed by atoms with van der Waals surface area (Å²) in [4.78, 5) is 7.04. The third kappa shape index (κ3) is 2.87. The number of likely N-dealkylation sites (tertiary alicyclic amines) is 1. The van der Waals surface area contributed by atoms with Crippen molar-refractivity contribution in [2.75, 3.05) is 25.0 Å². The second kappa shape index (κ2) is 5.18. The lowest BCUT2D eigenvalue weighted by molar-refractivity contribution is 0.316. The SMILES string of the molecule is Cc1ccc(C#N)c(NCC2CCN(C3CC3)C2)n1. The quantitative estimate of drug-likeness (QED) is 0.897. The molecule has 4 nitrogen and oxygen atoms in total. The Hall–Kier alpha value is -1.60. The van der Waals surface area contributed by atoms with E-state index in [0.29, 0.717) is 11.5 Å². The Labute approximate surface area is 114 Å². The van der Waals surface area contributed by atoms with Crippen LogP contribution in [0.4, 0.5) is 5.82 Å². The van der Waals surface area contributed by atoms with E-state index in [1.807, 2.05) is 19.1 Å². The summed E-state index contributed by atoms with van der Waals surface area (Å²) in [5, 5.41) is 12.5. The molecule has 2 aliphatic rings. The molecule has 19 heavy (non-hydrogen) atoms. The van der Waals surface area contributed by atoms with Gasteiger partial charge in [-0.15, -0.1) is 0 Å². The van der Waals surface area contributed by atoms with Crippen molar-refractivity contribution < 1.29 is 0 Å². The number of nitrogens with one attached hydrogen (secondary N) is 1. The Morgan fingerprint density at radius 2 is 2.26 bits per heavy atom. The van der Waals surface area contributed by atoms with Crippen LogP contribution >= 0.6 is 0 Å². The highest BCUT2D eigenvalue weighted by atomic mass is 15.2. The highest BCUT2D eigenvalue weighted by Crippen LogP contribution is 2.31. The second-order valence-electron chi connectivity index (χ2n) is 5.72. The molecule has 1 atom stereocenters. The number of rotatable bonds is 4. The van der Waals surface area contributed by atoms with E-state index in [1.165, 1.54) is 32.4 Å². The van der Waals surface area contributed by atoms with E-state index < -0.39 is 0 Å². The first-order chi connectivity index (χ1) is 9.26. The lowest BCUT2D eigenvalue weighted by Gasteiger charge is -2.15. The summed E-state index contributed by atoms with van der Waals surface area (Å²) >= 11 is 0. The van der Waals surface area contributed by atoms with E-state index >= 15 is 0 Å². The Bertz CT molecular complexity index is 501. The van der Waals surface area contributed by atoms with Crippen molar-refractivity contribution in [2.45, 2.75) is 32.2 Å². The number of aromatic nitrogens is 1. The molecule has 2 heterocycles. The fraction of sp³-hybridized carbons (Fsp3) is 0.600. The molecular formula is C15H20N4. The Morgan fingerprint density at radius 1 is 1.42 bits per heavy atom. The lowest BCUT2D eigenvalue weighted by atomic mass is 10.1. The van der Waals surface area contributed by atoms with Crippen LogP contribution in [0.3, 0.4) is 0 Å².